The maximum atomic E-state index is 14.1. The topological polar surface area (TPSA) is 75.6 Å². The predicted molar refractivity (Wildman–Crippen MR) is 88.7 cm³/mol. The maximum Gasteiger partial charge on any atom is 0.377 e. The second-order valence-electron chi connectivity index (χ2n) is 6.29. The Hall–Kier alpha value is -2.18. The molecule has 5 nitrogen and oxygen atoms in total. The van der Waals surface area contributed by atoms with Crippen LogP contribution in [0.2, 0.25) is 0 Å². The molecule has 7 heteroatoms. The number of nitrogens with one attached hydrogen (secondary N) is 1. The summed E-state index contributed by atoms with van der Waals surface area (Å²) in [6.07, 6.45) is 1.44. The lowest BCUT2D eigenvalue weighted by Crippen LogP contribution is -2.38. The Bertz CT molecular complexity index is 621. The van der Waals surface area contributed by atoms with Crippen molar-refractivity contribution in [3.05, 3.63) is 29.8 Å². The molecule has 2 N–H and O–H groups in total. The fourth-order valence-corrected chi connectivity index (χ4v) is 3.14. The first-order chi connectivity index (χ1) is 11.8. The van der Waals surface area contributed by atoms with Gasteiger partial charge in [0, 0.05) is 24.1 Å². The zero-order valence-electron chi connectivity index (χ0n) is 14.1. The molecule has 0 aliphatic heterocycles. The fraction of sp³-hybridized carbons (Fsp3) is 0.556. The Morgan fingerprint density at radius 2 is 2.12 bits per heavy atom. The molecule has 1 aromatic rings. The quantitative estimate of drug-likeness (QED) is 0.698. The SMILES string of the molecule is CCOC(=O)C(F)(F)C1CCC(Nc2cccc(CCC(=O)O)c2)C1. The van der Waals surface area contributed by atoms with E-state index in [0.717, 1.165) is 11.3 Å². The van der Waals surface area contributed by atoms with Gasteiger partial charge in [0.25, 0.3) is 0 Å². The fourth-order valence-electron chi connectivity index (χ4n) is 3.14. The number of aryl methyl sites for hydroxylation is 1. The standard InChI is InChI=1S/C18H23F2NO4/c1-2-25-17(24)18(19,20)13-7-8-15(11-13)21-14-5-3-4-12(10-14)6-9-16(22)23/h3-5,10,13,15,21H,2,6-9,11H2,1H3,(H,22,23). The third-order valence-electron chi connectivity index (χ3n) is 4.42. The molecule has 0 spiro atoms. The van der Waals surface area contributed by atoms with Crippen LogP contribution in [0.25, 0.3) is 0 Å². The molecule has 0 bridgehead atoms. The number of anilines is 1. The van der Waals surface area contributed by atoms with E-state index in [1.165, 1.54) is 6.92 Å². The number of carbonyl (C=O) groups is 2. The van der Waals surface area contributed by atoms with E-state index in [0.29, 0.717) is 12.8 Å². The third kappa shape index (κ3) is 5.14. The summed E-state index contributed by atoms with van der Waals surface area (Å²) in [5.41, 5.74) is 1.65. The van der Waals surface area contributed by atoms with Crippen molar-refractivity contribution in [2.75, 3.05) is 11.9 Å². The van der Waals surface area contributed by atoms with Gasteiger partial charge in [-0.15, -0.1) is 0 Å². The van der Waals surface area contributed by atoms with Crippen LogP contribution in [0.15, 0.2) is 24.3 Å². The van der Waals surface area contributed by atoms with Gasteiger partial charge in [-0.1, -0.05) is 12.1 Å². The summed E-state index contributed by atoms with van der Waals surface area (Å²) in [7, 11) is 0. The molecule has 1 fully saturated rings. The number of carboxylic acid groups (broad SMARTS) is 1. The molecule has 0 amide bonds. The Kier molecular flexibility index (Phi) is 6.33. The molecule has 0 radical (unpaired) electrons. The van der Waals surface area contributed by atoms with Crippen LogP contribution in [0, 0.1) is 5.92 Å². The first-order valence-corrected chi connectivity index (χ1v) is 8.45. The maximum absolute atomic E-state index is 14.1. The molecule has 138 valence electrons. The Balaban J connectivity index is 1.93. The lowest BCUT2D eigenvalue weighted by molar-refractivity contribution is -0.179. The second-order valence-corrected chi connectivity index (χ2v) is 6.29. The molecule has 1 aromatic carbocycles. The summed E-state index contributed by atoms with van der Waals surface area (Å²) in [5.74, 6) is -6.80. The molecule has 0 aromatic heterocycles. The number of hydrogen-bond donors (Lipinski definition) is 2. The summed E-state index contributed by atoms with van der Waals surface area (Å²) >= 11 is 0. The summed E-state index contributed by atoms with van der Waals surface area (Å²) in [5, 5.41) is 11.9. The Morgan fingerprint density at radius 3 is 2.80 bits per heavy atom. The molecule has 25 heavy (non-hydrogen) atoms. The first-order valence-electron chi connectivity index (χ1n) is 8.45. The van der Waals surface area contributed by atoms with Gasteiger partial charge in [-0.2, -0.15) is 8.78 Å². The summed E-state index contributed by atoms with van der Waals surface area (Å²) in [4.78, 5) is 22.1. The Morgan fingerprint density at radius 1 is 1.36 bits per heavy atom. The largest absolute Gasteiger partial charge is 0.481 e. The van der Waals surface area contributed by atoms with Gasteiger partial charge in [-0.3, -0.25) is 4.79 Å². The third-order valence-corrected chi connectivity index (χ3v) is 4.42. The summed E-state index contributed by atoms with van der Waals surface area (Å²) in [6.45, 7) is 1.44. The van der Waals surface area contributed by atoms with Crippen LogP contribution in [-0.2, 0) is 20.7 Å². The van der Waals surface area contributed by atoms with E-state index in [1.807, 2.05) is 18.2 Å². The number of halogens is 2. The van der Waals surface area contributed by atoms with Crippen LogP contribution in [0.5, 0.6) is 0 Å². The average Bonchev–Trinajstić information content (AvgIpc) is 3.03. The van der Waals surface area contributed by atoms with Crippen molar-refractivity contribution in [2.24, 2.45) is 5.92 Å². The van der Waals surface area contributed by atoms with E-state index >= 15 is 0 Å². The molecular formula is C18H23F2NO4. The van der Waals surface area contributed by atoms with Gasteiger partial charge in [-0.25, -0.2) is 4.79 Å². The van der Waals surface area contributed by atoms with Crippen molar-refractivity contribution in [3.63, 3.8) is 0 Å². The highest BCUT2D eigenvalue weighted by molar-refractivity contribution is 5.78. The van der Waals surface area contributed by atoms with Crippen molar-refractivity contribution < 1.29 is 28.2 Å². The van der Waals surface area contributed by atoms with E-state index in [1.54, 1.807) is 6.07 Å². The monoisotopic (exact) mass is 355 g/mol. The number of esters is 1. The molecular weight excluding hydrogens is 332 g/mol. The highest BCUT2D eigenvalue weighted by atomic mass is 19.3. The van der Waals surface area contributed by atoms with Gasteiger partial charge in [-0.05, 0) is 50.3 Å². The lowest BCUT2D eigenvalue weighted by atomic mass is 9.99. The van der Waals surface area contributed by atoms with Gasteiger partial charge >= 0.3 is 17.9 Å². The van der Waals surface area contributed by atoms with Crippen molar-refractivity contribution in [1.29, 1.82) is 0 Å². The normalized spacial score (nSPS) is 20.3. The number of benzene rings is 1. The van der Waals surface area contributed by atoms with Gasteiger partial charge in [0.2, 0.25) is 0 Å². The highest BCUT2D eigenvalue weighted by Crippen LogP contribution is 2.39. The summed E-state index contributed by atoms with van der Waals surface area (Å²) in [6, 6.07) is 7.14. The second kappa shape index (κ2) is 8.27. The number of carbonyl (C=O) groups excluding carboxylic acids is 1. The van der Waals surface area contributed by atoms with Crippen LogP contribution < -0.4 is 5.32 Å². The van der Waals surface area contributed by atoms with Crippen molar-refractivity contribution in [2.45, 2.75) is 51.0 Å². The predicted octanol–water partition coefficient (Wildman–Crippen LogP) is 3.48. The van der Waals surface area contributed by atoms with Crippen molar-refractivity contribution in [3.8, 4) is 0 Å². The van der Waals surface area contributed by atoms with Crippen LogP contribution in [-0.4, -0.2) is 35.6 Å². The van der Waals surface area contributed by atoms with E-state index in [4.69, 9.17) is 5.11 Å². The smallest absolute Gasteiger partial charge is 0.377 e. The number of rotatable bonds is 8. The molecule has 2 rings (SSSR count). The Labute approximate surface area is 145 Å². The van der Waals surface area contributed by atoms with Gasteiger partial charge < -0.3 is 15.2 Å². The minimum atomic E-state index is -3.46. The van der Waals surface area contributed by atoms with Crippen LogP contribution in [0.4, 0.5) is 14.5 Å². The van der Waals surface area contributed by atoms with Gasteiger partial charge in [0.05, 0.1) is 6.61 Å². The molecule has 2 unspecified atom stereocenters. The van der Waals surface area contributed by atoms with Crippen LogP contribution in [0.3, 0.4) is 0 Å². The average molecular weight is 355 g/mol. The number of hydrogen-bond acceptors (Lipinski definition) is 4. The summed E-state index contributed by atoms with van der Waals surface area (Å²) < 4.78 is 32.7. The highest BCUT2D eigenvalue weighted by Gasteiger charge is 2.51. The van der Waals surface area contributed by atoms with E-state index in [2.05, 4.69) is 10.1 Å². The molecule has 1 aliphatic rings. The van der Waals surface area contributed by atoms with Crippen molar-refractivity contribution in [1.82, 2.24) is 0 Å². The zero-order valence-corrected chi connectivity index (χ0v) is 14.1. The van der Waals surface area contributed by atoms with Crippen molar-refractivity contribution >= 4 is 17.6 Å². The minimum absolute atomic E-state index is 0.0424. The lowest BCUT2D eigenvalue weighted by Gasteiger charge is -2.21. The minimum Gasteiger partial charge on any atom is -0.481 e. The van der Waals surface area contributed by atoms with Gasteiger partial charge in [0.1, 0.15) is 0 Å². The first kappa shape index (κ1) is 19.1. The zero-order chi connectivity index (χ0) is 18.4. The van der Waals surface area contributed by atoms with Gasteiger partial charge in [0.15, 0.2) is 0 Å². The molecule has 1 aliphatic carbocycles. The number of carboxylic acids is 1. The van der Waals surface area contributed by atoms with Crippen LogP contribution >= 0.6 is 0 Å². The molecule has 1 saturated carbocycles. The van der Waals surface area contributed by atoms with Crippen LogP contribution in [0.1, 0.15) is 38.2 Å². The van der Waals surface area contributed by atoms with E-state index in [9.17, 15) is 18.4 Å². The molecule has 0 saturated heterocycles. The van der Waals surface area contributed by atoms with E-state index in [-0.39, 0.29) is 31.9 Å². The number of ether oxygens (including phenoxy) is 1. The van der Waals surface area contributed by atoms with E-state index < -0.39 is 23.8 Å². The number of alkyl halides is 2. The molecule has 0 heterocycles. The number of aliphatic carboxylic acids is 1. The molecule has 2 atom stereocenters.